The van der Waals surface area contributed by atoms with E-state index < -0.39 is 0 Å². The maximum atomic E-state index is 12.4. The van der Waals surface area contributed by atoms with Crippen LogP contribution in [0, 0.1) is 6.92 Å². The molecule has 0 saturated heterocycles. The Balaban J connectivity index is 1.88. The molecule has 0 aliphatic rings. The Hall–Kier alpha value is -2.47. The van der Waals surface area contributed by atoms with Gasteiger partial charge in [-0.2, -0.15) is 0 Å². The van der Waals surface area contributed by atoms with Crippen LogP contribution in [-0.4, -0.2) is 22.0 Å². The Labute approximate surface area is 163 Å². The highest BCUT2D eigenvalue weighted by molar-refractivity contribution is 7.20. The monoisotopic (exact) mass is 383 g/mol. The zero-order valence-electron chi connectivity index (χ0n) is 16.2. The summed E-state index contributed by atoms with van der Waals surface area (Å²) in [5, 5.41) is 4.24. The van der Waals surface area contributed by atoms with Crippen LogP contribution in [0.1, 0.15) is 54.4 Å². The third-order valence-corrected chi connectivity index (χ3v) is 5.47. The van der Waals surface area contributed by atoms with Crippen molar-refractivity contribution < 1.29 is 9.53 Å². The fourth-order valence-corrected chi connectivity index (χ4v) is 3.93. The topological polar surface area (TPSA) is 64.1 Å². The molecule has 0 radical (unpaired) electrons. The first kappa shape index (κ1) is 19.3. The van der Waals surface area contributed by atoms with E-state index in [1.807, 2.05) is 20.8 Å². The molecule has 0 amide bonds. The molecule has 0 unspecified atom stereocenters. The molecule has 3 rings (SSSR count). The standard InChI is InChI=1S/C21H25N3O2S/c1-5-6-7-15-8-10-16(11-9-15)24-19-17-14(4)18(21(25)26-13(2)3)27-20(17)23-12-22-19/h8-13H,5-7H2,1-4H3,(H,22,23,24). The second kappa shape index (κ2) is 8.48. The number of benzene rings is 1. The van der Waals surface area contributed by atoms with Gasteiger partial charge in [-0.15, -0.1) is 11.3 Å². The summed E-state index contributed by atoms with van der Waals surface area (Å²) in [6.07, 6.45) is 4.85. The number of rotatable bonds is 7. The van der Waals surface area contributed by atoms with Gasteiger partial charge in [-0.3, -0.25) is 0 Å². The summed E-state index contributed by atoms with van der Waals surface area (Å²) in [6.45, 7) is 7.80. The number of nitrogens with one attached hydrogen (secondary N) is 1. The van der Waals surface area contributed by atoms with Crippen molar-refractivity contribution in [3.8, 4) is 0 Å². The van der Waals surface area contributed by atoms with E-state index in [0.29, 0.717) is 10.7 Å². The fraction of sp³-hybridized carbons (Fsp3) is 0.381. The maximum absolute atomic E-state index is 12.4. The second-order valence-electron chi connectivity index (χ2n) is 6.84. The molecule has 5 nitrogen and oxygen atoms in total. The lowest BCUT2D eigenvalue weighted by molar-refractivity contribution is 0.0383. The van der Waals surface area contributed by atoms with Gasteiger partial charge in [0.2, 0.25) is 0 Å². The lowest BCUT2D eigenvalue weighted by Crippen LogP contribution is -2.11. The van der Waals surface area contributed by atoms with Crippen molar-refractivity contribution in [3.63, 3.8) is 0 Å². The van der Waals surface area contributed by atoms with Crippen molar-refractivity contribution in [1.82, 2.24) is 9.97 Å². The van der Waals surface area contributed by atoms with E-state index in [1.54, 1.807) is 0 Å². The predicted molar refractivity (Wildman–Crippen MR) is 111 cm³/mol. The number of unbranched alkanes of at least 4 members (excludes halogenated alkanes) is 1. The summed E-state index contributed by atoms with van der Waals surface area (Å²) >= 11 is 1.34. The number of nitrogens with zero attached hydrogens (tertiary/aromatic N) is 2. The molecule has 0 spiro atoms. The van der Waals surface area contributed by atoms with Crippen molar-refractivity contribution in [2.45, 2.75) is 53.1 Å². The van der Waals surface area contributed by atoms with Crippen LogP contribution in [0.25, 0.3) is 10.2 Å². The Bertz CT molecular complexity index is 932. The van der Waals surface area contributed by atoms with Gasteiger partial charge >= 0.3 is 5.97 Å². The normalized spacial score (nSPS) is 11.1. The average molecular weight is 384 g/mol. The molecule has 0 bridgehead atoms. The summed E-state index contributed by atoms with van der Waals surface area (Å²) in [5.41, 5.74) is 3.15. The first-order valence-corrected chi connectivity index (χ1v) is 10.1. The molecular formula is C21H25N3O2S. The van der Waals surface area contributed by atoms with E-state index in [9.17, 15) is 4.79 Å². The van der Waals surface area contributed by atoms with Crippen LogP contribution < -0.4 is 5.32 Å². The van der Waals surface area contributed by atoms with Gasteiger partial charge in [0.05, 0.1) is 11.5 Å². The summed E-state index contributed by atoms with van der Waals surface area (Å²) in [7, 11) is 0. The number of ether oxygens (including phenoxy) is 1. The average Bonchev–Trinajstić information content (AvgIpc) is 2.98. The first-order chi connectivity index (χ1) is 13.0. The Morgan fingerprint density at radius 1 is 1.22 bits per heavy atom. The Morgan fingerprint density at radius 2 is 1.96 bits per heavy atom. The first-order valence-electron chi connectivity index (χ1n) is 9.30. The van der Waals surface area contributed by atoms with Crippen molar-refractivity contribution in [2.75, 3.05) is 5.32 Å². The smallest absolute Gasteiger partial charge is 0.348 e. The molecule has 0 aliphatic carbocycles. The number of aryl methyl sites for hydroxylation is 2. The number of hydrogen-bond donors (Lipinski definition) is 1. The van der Waals surface area contributed by atoms with Gasteiger partial charge in [-0.1, -0.05) is 25.5 Å². The molecular weight excluding hydrogens is 358 g/mol. The predicted octanol–water partition coefficient (Wildman–Crippen LogP) is 5.65. The molecule has 6 heteroatoms. The molecule has 1 aromatic carbocycles. The van der Waals surface area contributed by atoms with Gasteiger partial charge in [0.1, 0.15) is 21.9 Å². The molecule has 0 fully saturated rings. The highest BCUT2D eigenvalue weighted by Crippen LogP contribution is 2.35. The number of hydrogen-bond acceptors (Lipinski definition) is 6. The third-order valence-electron chi connectivity index (χ3n) is 4.29. The Kier molecular flexibility index (Phi) is 6.06. The minimum Gasteiger partial charge on any atom is -0.459 e. The lowest BCUT2D eigenvalue weighted by Gasteiger charge is -2.09. The number of thiophene rings is 1. The van der Waals surface area contributed by atoms with Gasteiger partial charge in [-0.05, 0) is 56.9 Å². The van der Waals surface area contributed by atoms with E-state index in [0.717, 1.165) is 27.9 Å². The van der Waals surface area contributed by atoms with E-state index >= 15 is 0 Å². The molecule has 3 aromatic rings. The van der Waals surface area contributed by atoms with Crippen LogP contribution in [0.4, 0.5) is 11.5 Å². The highest BCUT2D eigenvalue weighted by Gasteiger charge is 2.21. The molecule has 1 N–H and O–H groups in total. The van der Waals surface area contributed by atoms with Crippen molar-refractivity contribution in [2.24, 2.45) is 0 Å². The molecule has 0 saturated carbocycles. The van der Waals surface area contributed by atoms with Crippen LogP contribution >= 0.6 is 11.3 Å². The molecule has 0 atom stereocenters. The summed E-state index contributed by atoms with van der Waals surface area (Å²) in [4.78, 5) is 22.5. The number of carbonyl (C=O) groups is 1. The minimum atomic E-state index is -0.309. The largest absolute Gasteiger partial charge is 0.459 e. The van der Waals surface area contributed by atoms with Crippen molar-refractivity contribution in [3.05, 3.63) is 46.6 Å². The van der Waals surface area contributed by atoms with Crippen LogP contribution in [0.15, 0.2) is 30.6 Å². The number of fused-ring (bicyclic) bond motifs is 1. The van der Waals surface area contributed by atoms with E-state index in [4.69, 9.17) is 4.74 Å². The van der Waals surface area contributed by atoms with Gasteiger partial charge < -0.3 is 10.1 Å². The van der Waals surface area contributed by atoms with Crippen LogP contribution in [0.2, 0.25) is 0 Å². The van der Waals surface area contributed by atoms with E-state index in [-0.39, 0.29) is 12.1 Å². The second-order valence-corrected chi connectivity index (χ2v) is 7.84. The van der Waals surface area contributed by atoms with Gasteiger partial charge in [0, 0.05) is 5.69 Å². The quantitative estimate of drug-likeness (QED) is 0.534. The van der Waals surface area contributed by atoms with E-state index in [1.165, 1.54) is 36.1 Å². The maximum Gasteiger partial charge on any atom is 0.348 e. The lowest BCUT2D eigenvalue weighted by atomic mass is 10.1. The van der Waals surface area contributed by atoms with Gasteiger partial charge in [-0.25, -0.2) is 14.8 Å². The highest BCUT2D eigenvalue weighted by atomic mass is 32.1. The minimum absolute atomic E-state index is 0.156. The molecule has 0 aliphatic heterocycles. The van der Waals surface area contributed by atoms with Gasteiger partial charge in [0.15, 0.2) is 0 Å². The number of aromatic nitrogens is 2. The fourth-order valence-electron chi connectivity index (χ4n) is 2.90. The number of anilines is 2. The van der Waals surface area contributed by atoms with E-state index in [2.05, 4.69) is 46.5 Å². The van der Waals surface area contributed by atoms with Crippen LogP contribution in [-0.2, 0) is 11.2 Å². The summed E-state index contributed by atoms with van der Waals surface area (Å²) < 4.78 is 5.35. The molecule has 142 valence electrons. The molecule has 2 heterocycles. The van der Waals surface area contributed by atoms with Crippen molar-refractivity contribution >= 4 is 39.0 Å². The molecule has 27 heavy (non-hydrogen) atoms. The number of esters is 1. The van der Waals surface area contributed by atoms with Crippen LogP contribution in [0.5, 0.6) is 0 Å². The van der Waals surface area contributed by atoms with Crippen molar-refractivity contribution in [1.29, 1.82) is 0 Å². The number of carbonyl (C=O) groups excluding carboxylic acids is 1. The SMILES string of the molecule is CCCCc1ccc(Nc2ncnc3sc(C(=O)OC(C)C)c(C)c23)cc1. The third kappa shape index (κ3) is 4.45. The zero-order valence-corrected chi connectivity index (χ0v) is 17.0. The van der Waals surface area contributed by atoms with Crippen LogP contribution in [0.3, 0.4) is 0 Å². The Morgan fingerprint density at radius 3 is 2.63 bits per heavy atom. The summed E-state index contributed by atoms with van der Waals surface area (Å²) in [6, 6.07) is 8.41. The van der Waals surface area contributed by atoms with Gasteiger partial charge in [0.25, 0.3) is 0 Å². The summed E-state index contributed by atoms with van der Waals surface area (Å²) in [5.74, 6) is 0.399. The zero-order chi connectivity index (χ0) is 19.4. The molecule has 2 aromatic heterocycles.